The van der Waals surface area contributed by atoms with E-state index in [0.717, 1.165) is 33.7 Å². The molecule has 0 saturated carbocycles. The van der Waals surface area contributed by atoms with Crippen LogP contribution in [0.5, 0.6) is 5.75 Å². The molecule has 0 fully saturated rings. The van der Waals surface area contributed by atoms with Crippen LogP contribution in [0.2, 0.25) is 0 Å². The van der Waals surface area contributed by atoms with Gasteiger partial charge in [-0.15, -0.1) is 0 Å². The molecule has 9 heteroatoms. The van der Waals surface area contributed by atoms with Crippen LogP contribution in [0.4, 0.5) is 5.69 Å². The summed E-state index contributed by atoms with van der Waals surface area (Å²) in [6.45, 7) is 3.90. The summed E-state index contributed by atoms with van der Waals surface area (Å²) in [5, 5.41) is 8.83. The van der Waals surface area contributed by atoms with E-state index in [1.54, 1.807) is 18.3 Å². The Kier molecular flexibility index (Phi) is 7.48. The number of furan rings is 1. The van der Waals surface area contributed by atoms with Crippen LogP contribution < -0.4 is 15.6 Å². The third-order valence-electron chi connectivity index (χ3n) is 7.70. The first-order valence-electron chi connectivity index (χ1n) is 14.8. The summed E-state index contributed by atoms with van der Waals surface area (Å²) < 4.78 is 15.2. The lowest BCUT2D eigenvalue weighted by Gasteiger charge is -2.12. The zero-order valence-electron chi connectivity index (χ0n) is 25.2. The molecule has 0 aliphatic heterocycles. The summed E-state index contributed by atoms with van der Waals surface area (Å²) in [5.74, 6) is 1.11. The van der Waals surface area contributed by atoms with E-state index in [2.05, 4.69) is 15.0 Å². The van der Waals surface area contributed by atoms with Crippen LogP contribution in [-0.2, 0) is 4.79 Å². The number of rotatable bonds is 8. The smallest absolute Gasteiger partial charge is 0.282 e. The van der Waals surface area contributed by atoms with Crippen molar-refractivity contribution in [1.29, 1.82) is 0 Å². The molecule has 0 spiro atoms. The quantitative estimate of drug-likeness (QED) is 0.185. The highest BCUT2D eigenvalue weighted by atomic mass is 16.5. The van der Waals surface area contributed by atoms with Gasteiger partial charge in [-0.2, -0.15) is 9.78 Å². The summed E-state index contributed by atoms with van der Waals surface area (Å²) in [7, 11) is 0. The van der Waals surface area contributed by atoms with Gasteiger partial charge >= 0.3 is 0 Å². The van der Waals surface area contributed by atoms with Gasteiger partial charge < -0.3 is 19.0 Å². The summed E-state index contributed by atoms with van der Waals surface area (Å²) >= 11 is 0. The number of aromatic nitrogens is 3. The number of nitrogens with one attached hydrogen (secondary N) is 1. The highest BCUT2D eigenvalue weighted by Gasteiger charge is 2.17. The van der Waals surface area contributed by atoms with Crippen LogP contribution in [0.1, 0.15) is 17.0 Å². The minimum absolute atomic E-state index is 0.102. The lowest BCUT2D eigenvalue weighted by atomic mass is 10.2. The number of para-hydroxylation sites is 3. The standard InChI is InChI=1S/C37H29N5O4/c1-24-20-27(25(2)41(24)29-16-18-30(19-17-29)45-23-35(43)39-28-11-4-3-5-12-28)22-38-42-36(34-21-26-10-6-9-15-33(26)46-34)40-32-14-8-7-13-31(32)37(42)44/h3-22H,23H2,1-2H3,(H,39,43). The normalized spacial score (nSPS) is 11.4. The Labute approximate surface area is 264 Å². The van der Waals surface area contributed by atoms with E-state index in [4.69, 9.17) is 14.1 Å². The van der Waals surface area contributed by atoms with Gasteiger partial charge in [0.1, 0.15) is 11.3 Å². The van der Waals surface area contributed by atoms with Crippen molar-refractivity contribution in [2.45, 2.75) is 13.8 Å². The largest absolute Gasteiger partial charge is 0.484 e. The van der Waals surface area contributed by atoms with Crippen molar-refractivity contribution in [3.8, 4) is 23.0 Å². The minimum atomic E-state index is -0.292. The zero-order valence-corrected chi connectivity index (χ0v) is 25.2. The summed E-state index contributed by atoms with van der Waals surface area (Å²) in [5.41, 5.74) is 5.37. The molecule has 0 radical (unpaired) electrons. The van der Waals surface area contributed by atoms with E-state index in [1.807, 2.05) is 117 Å². The van der Waals surface area contributed by atoms with Crippen LogP contribution in [0.15, 0.2) is 130 Å². The summed E-state index contributed by atoms with van der Waals surface area (Å²) in [4.78, 5) is 30.7. The Morgan fingerprint density at radius 3 is 2.46 bits per heavy atom. The molecule has 7 rings (SSSR count). The predicted octanol–water partition coefficient (Wildman–Crippen LogP) is 7.12. The third-order valence-corrected chi connectivity index (χ3v) is 7.70. The number of benzene rings is 4. The maximum Gasteiger partial charge on any atom is 0.282 e. The van der Waals surface area contributed by atoms with E-state index < -0.39 is 0 Å². The van der Waals surface area contributed by atoms with Crippen LogP contribution in [-0.4, -0.2) is 33.0 Å². The molecule has 0 unspecified atom stereocenters. The molecule has 3 aromatic heterocycles. The van der Waals surface area contributed by atoms with Crippen LogP contribution in [0, 0.1) is 13.8 Å². The number of carbonyl (C=O) groups is 1. The Morgan fingerprint density at radius 2 is 1.65 bits per heavy atom. The predicted molar refractivity (Wildman–Crippen MR) is 180 cm³/mol. The fourth-order valence-electron chi connectivity index (χ4n) is 5.48. The van der Waals surface area contributed by atoms with E-state index in [0.29, 0.717) is 33.8 Å². The molecule has 0 aliphatic rings. The van der Waals surface area contributed by atoms with Gasteiger partial charge in [0, 0.05) is 33.7 Å². The SMILES string of the molecule is Cc1cc(C=Nn2c(-c3cc4ccccc4o3)nc3ccccc3c2=O)c(C)n1-c1ccc(OCC(=O)Nc2ccccc2)cc1. The van der Waals surface area contributed by atoms with Gasteiger partial charge in [-0.05, 0) is 80.6 Å². The van der Waals surface area contributed by atoms with E-state index >= 15 is 0 Å². The van der Waals surface area contributed by atoms with E-state index in [-0.39, 0.29) is 18.1 Å². The van der Waals surface area contributed by atoms with Gasteiger partial charge in [-0.3, -0.25) is 9.59 Å². The molecular formula is C37H29N5O4. The average molecular weight is 608 g/mol. The molecule has 0 atom stereocenters. The minimum Gasteiger partial charge on any atom is -0.484 e. The van der Waals surface area contributed by atoms with E-state index in [1.165, 1.54) is 4.68 Å². The first kappa shape index (κ1) is 28.5. The molecule has 9 nitrogen and oxygen atoms in total. The van der Waals surface area contributed by atoms with Gasteiger partial charge in [-0.1, -0.05) is 48.5 Å². The van der Waals surface area contributed by atoms with Crippen molar-refractivity contribution in [2.24, 2.45) is 5.10 Å². The molecule has 0 bridgehead atoms. The Morgan fingerprint density at radius 1 is 0.913 bits per heavy atom. The molecule has 0 aliphatic carbocycles. The third kappa shape index (κ3) is 5.57. The van der Waals surface area contributed by atoms with Gasteiger partial charge in [0.25, 0.3) is 11.5 Å². The maximum absolute atomic E-state index is 13.7. The van der Waals surface area contributed by atoms with Crippen LogP contribution in [0.25, 0.3) is 39.1 Å². The number of carbonyl (C=O) groups excluding carboxylic acids is 1. The molecular weight excluding hydrogens is 578 g/mol. The first-order chi connectivity index (χ1) is 22.4. The number of hydrogen-bond donors (Lipinski definition) is 1. The molecule has 3 heterocycles. The molecule has 4 aromatic carbocycles. The molecule has 1 amide bonds. The van der Waals surface area contributed by atoms with Crippen molar-refractivity contribution in [3.63, 3.8) is 0 Å². The Hall–Kier alpha value is -6.22. The molecule has 1 N–H and O–H groups in total. The number of anilines is 1. The molecule has 46 heavy (non-hydrogen) atoms. The number of aryl methyl sites for hydroxylation is 1. The number of fused-ring (bicyclic) bond motifs is 2. The van der Waals surface area contributed by atoms with Crippen molar-refractivity contribution in [2.75, 3.05) is 11.9 Å². The number of ether oxygens (including phenoxy) is 1. The Balaban J connectivity index is 1.16. The lowest BCUT2D eigenvalue weighted by molar-refractivity contribution is -0.118. The molecule has 7 aromatic rings. The van der Waals surface area contributed by atoms with Crippen molar-refractivity contribution >= 4 is 39.7 Å². The lowest BCUT2D eigenvalue weighted by Crippen LogP contribution is -2.20. The first-order valence-corrected chi connectivity index (χ1v) is 14.8. The van der Waals surface area contributed by atoms with Gasteiger partial charge in [-0.25, -0.2) is 4.98 Å². The Bertz CT molecular complexity index is 2260. The highest BCUT2D eigenvalue weighted by Crippen LogP contribution is 2.27. The molecule has 0 saturated heterocycles. The van der Waals surface area contributed by atoms with E-state index in [9.17, 15) is 9.59 Å². The number of nitrogens with zero attached hydrogens (tertiary/aromatic N) is 4. The average Bonchev–Trinajstić information content (AvgIpc) is 3.63. The summed E-state index contributed by atoms with van der Waals surface area (Å²) in [6.07, 6.45) is 1.67. The zero-order chi connectivity index (χ0) is 31.6. The molecule has 226 valence electrons. The van der Waals surface area contributed by atoms with Crippen LogP contribution >= 0.6 is 0 Å². The fraction of sp³-hybridized carbons (Fsp3) is 0.0811. The van der Waals surface area contributed by atoms with Crippen molar-refractivity contribution in [1.82, 2.24) is 14.2 Å². The topological polar surface area (TPSA) is 104 Å². The van der Waals surface area contributed by atoms with Crippen molar-refractivity contribution in [3.05, 3.63) is 143 Å². The van der Waals surface area contributed by atoms with Gasteiger partial charge in [0.05, 0.1) is 17.1 Å². The van der Waals surface area contributed by atoms with Crippen LogP contribution in [0.3, 0.4) is 0 Å². The number of amides is 1. The highest BCUT2D eigenvalue weighted by molar-refractivity contribution is 5.92. The second kappa shape index (κ2) is 12.0. The van der Waals surface area contributed by atoms with Gasteiger partial charge in [0.2, 0.25) is 5.82 Å². The second-order valence-electron chi connectivity index (χ2n) is 10.8. The summed E-state index contributed by atoms with van der Waals surface area (Å²) in [6, 6.07) is 35.5. The maximum atomic E-state index is 13.7. The van der Waals surface area contributed by atoms with Crippen molar-refractivity contribution < 1.29 is 13.9 Å². The monoisotopic (exact) mass is 607 g/mol. The second-order valence-corrected chi connectivity index (χ2v) is 10.8. The van der Waals surface area contributed by atoms with Gasteiger partial charge in [0.15, 0.2) is 12.4 Å². The fourth-order valence-corrected chi connectivity index (χ4v) is 5.48. The number of hydrogen-bond acceptors (Lipinski definition) is 6.